The minimum absolute atomic E-state index is 0.0160. The molecular formula is C14H21Cl2N. The molecule has 17 heavy (non-hydrogen) atoms. The maximum atomic E-state index is 6.32. The Morgan fingerprint density at radius 1 is 1.24 bits per heavy atom. The number of hydrogen-bond donors (Lipinski definition) is 1. The van der Waals surface area contributed by atoms with Crippen LogP contribution in [0, 0.1) is 5.92 Å². The highest BCUT2D eigenvalue weighted by Gasteiger charge is 2.19. The highest BCUT2D eigenvalue weighted by atomic mass is 35.5. The lowest BCUT2D eigenvalue weighted by molar-refractivity contribution is 0.378. The Balaban J connectivity index is 2.85. The molecule has 0 saturated heterocycles. The van der Waals surface area contributed by atoms with E-state index in [2.05, 4.69) is 13.8 Å². The quantitative estimate of drug-likeness (QED) is 0.757. The van der Waals surface area contributed by atoms with Crippen LogP contribution >= 0.6 is 23.2 Å². The van der Waals surface area contributed by atoms with Crippen LogP contribution in [0.25, 0.3) is 0 Å². The van der Waals surface area contributed by atoms with E-state index in [1.54, 1.807) is 6.07 Å². The summed E-state index contributed by atoms with van der Waals surface area (Å²) in [7, 11) is 0. The average molecular weight is 274 g/mol. The molecule has 1 aromatic carbocycles. The highest BCUT2D eigenvalue weighted by molar-refractivity contribution is 6.33. The Kier molecular flexibility index (Phi) is 6.32. The molecule has 3 heteroatoms. The second-order valence-corrected chi connectivity index (χ2v) is 5.35. The molecule has 2 atom stereocenters. The maximum Gasteiger partial charge on any atom is 0.0454 e. The van der Waals surface area contributed by atoms with E-state index in [1.807, 2.05) is 12.1 Å². The second-order valence-electron chi connectivity index (χ2n) is 4.50. The molecule has 0 amide bonds. The zero-order valence-electron chi connectivity index (χ0n) is 10.5. The van der Waals surface area contributed by atoms with Gasteiger partial charge in [0, 0.05) is 16.1 Å². The van der Waals surface area contributed by atoms with Gasteiger partial charge in [0.05, 0.1) is 0 Å². The molecule has 0 heterocycles. The Morgan fingerprint density at radius 2 is 1.94 bits per heavy atom. The maximum absolute atomic E-state index is 6.32. The summed E-state index contributed by atoms with van der Waals surface area (Å²) in [5, 5.41) is 1.42. The van der Waals surface area contributed by atoms with Gasteiger partial charge >= 0.3 is 0 Å². The molecule has 0 bridgehead atoms. The third-order valence-corrected chi connectivity index (χ3v) is 3.86. The van der Waals surface area contributed by atoms with Gasteiger partial charge in [-0.2, -0.15) is 0 Å². The van der Waals surface area contributed by atoms with Crippen molar-refractivity contribution in [3.63, 3.8) is 0 Å². The van der Waals surface area contributed by atoms with Crippen molar-refractivity contribution in [2.45, 2.75) is 45.6 Å². The molecule has 1 rings (SSSR count). The Bertz CT molecular complexity index is 352. The van der Waals surface area contributed by atoms with E-state index < -0.39 is 0 Å². The first-order chi connectivity index (χ1) is 8.10. The number of hydrogen-bond acceptors (Lipinski definition) is 1. The Morgan fingerprint density at radius 3 is 2.53 bits per heavy atom. The van der Waals surface area contributed by atoms with Crippen LogP contribution in [0.1, 0.15) is 51.1 Å². The molecule has 0 spiro atoms. The minimum Gasteiger partial charge on any atom is -0.324 e. The lowest BCUT2D eigenvalue weighted by atomic mass is 9.87. The molecule has 2 unspecified atom stereocenters. The average Bonchev–Trinajstić information content (AvgIpc) is 2.33. The zero-order chi connectivity index (χ0) is 12.8. The van der Waals surface area contributed by atoms with E-state index in [0.29, 0.717) is 10.9 Å². The fraction of sp³-hybridized carbons (Fsp3) is 0.571. The lowest BCUT2D eigenvalue weighted by Crippen LogP contribution is -2.21. The summed E-state index contributed by atoms with van der Waals surface area (Å²) in [6.07, 6.45) is 4.64. The van der Waals surface area contributed by atoms with Gasteiger partial charge in [0.25, 0.3) is 0 Å². The molecule has 0 saturated carbocycles. The monoisotopic (exact) mass is 273 g/mol. The van der Waals surface area contributed by atoms with Crippen LogP contribution in [0.2, 0.25) is 10.0 Å². The third kappa shape index (κ3) is 4.17. The van der Waals surface area contributed by atoms with Gasteiger partial charge in [-0.25, -0.2) is 0 Å². The molecule has 0 aromatic heterocycles. The van der Waals surface area contributed by atoms with Gasteiger partial charge < -0.3 is 5.73 Å². The summed E-state index contributed by atoms with van der Waals surface area (Å²) < 4.78 is 0. The molecule has 0 aliphatic heterocycles. The summed E-state index contributed by atoms with van der Waals surface area (Å²) in [5.74, 6) is 0.478. The van der Waals surface area contributed by atoms with E-state index in [-0.39, 0.29) is 6.04 Å². The zero-order valence-corrected chi connectivity index (χ0v) is 12.1. The van der Waals surface area contributed by atoms with Gasteiger partial charge in [-0.3, -0.25) is 0 Å². The largest absolute Gasteiger partial charge is 0.324 e. The van der Waals surface area contributed by atoms with Crippen molar-refractivity contribution in [1.29, 1.82) is 0 Å². The topological polar surface area (TPSA) is 26.0 Å². The van der Waals surface area contributed by atoms with Crippen molar-refractivity contribution >= 4 is 23.2 Å². The fourth-order valence-corrected chi connectivity index (χ4v) is 2.55. The van der Waals surface area contributed by atoms with E-state index >= 15 is 0 Å². The van der Waals surface area contributed by atoms with Gasteiger partial charge in [0.1, 0.15) is 0 Å². The predicted octanol–water partition coefficient (Wildman–Crippen LogP) is 5.21. The van der Waals surface area contributed by atoms with Crippen LogP contribution in [0.4, 0.5) is 0 Å². The fourth-order valence-electron chi connectivity index (χ4n) is 2.13. The summed E-state index contributed by atoms with van der Waals surface area (Å²) in [5.41, 5.74) is 7.29. The summed E-state index contributed by atoms with van der Waals surface area (Å²) in [6.45, 7) is 4.38. The Hall–Kier alpha value is -0.240. The molecule has 0 fully saturated rings. The summed E-state index contributed by atoms with van der Waals surface area (Å²) in [6, 6.07) is 5.50. The molecule has 1 aromatic rings. The first-order valence-electron chi connectivity index (χ1n) is 6.30. The lowest BCUT2D eigenvalue weighted by Gasteiger charge is -2.24. The van der Waals surface area contributed by atoms with Crippen LogP contribution in [0.15, 0.2) is 18.2 Å². The Labute approximate surface area is 114 Å². The van der Waals surface area contributed by atoms with Gasteiger partial charge in [-0.1, -0.05) is 56.3 Å². The molecule has 0 aliphatic carbocycles. The molecule has 2 N–H and O–H groups in total. The first-order valence-corrected chi connectivity index (χ1v) is 7.06. The molecule has 1 nitrogen and oxygen atoms in total. The molecular weight excluding hydrogens is 253 g/mol. The van der Waals surface area contributed by atoms with Crippen LogP contribution in [-0.2, 0) is 0 Å². The van der Waals surface area contributed by atoms with Crippen molar-refractivity contribution < 1.29 is 0 Å². The number of halogens is 2. The number of unbranched alkanes of at least 4 members (excludes halogenated alkanes) is 1. The normalized spacial score (nSPS) is 14.6. The van der Waals surface area contributed by atoms with Crippen LogP contribution in [0.3, 0.4) is 0 Å². The highest BCUT2D eigenvalue weighted by Crippen LogP contribution is 2.32. The van der Waals surface area contributed by atoms with Crippen molar-refractivity contribution in [1.82, 2.24) is 0 Å². The molecule has 0 aliphatic rings. The third-order valence-electron chi connectivity index (χ3n) is 3.28. The van der Waals surface area contributed by atoms with E-state index in [9.17, 15) is 0 Å². The summed E-state index contributed by atoms with van der Waals surface area (Å²) in [4.78, 5) is 0. The number of rotatable bonds is 6. The van der Waals surface area contributed by atoms with Crippen LogP contribution in [-0.4, -0.2) is 0 Å². The second kappa shape index (κ2) is 7.25. The number of nitrogens with two attached hydrogens (primary N) is 1. The van der Waals surface area contributed by atoms with Crippen molar-refractivity contribution in [3.8, 4) is 0 Å². The molecule has 96 valence electrons. The smallest absolute Gasteiger partial charge is 0.0454 e. The standard InChI is InChI=1S/C14H21Cl2N/c1-3-5-6-10(4-2)14(17)12-9-11(15)7-8-13(12)16/h7-10,14H,3-6,17H2,1-2H3. The van der Waals surface area contributed by atoms with Gasteiger partial charge in [0.2, 0.25) is 0 Å². The predicted molar refractivity (Wildman–Crippen MR) is 76.7 cm³/mol. The van der Waals surface area contributed by atoms with Gasteiger partial charge in [0.15, 0.2) is 0 Å². The van der Waals surface area contributed by atoms with E-state index in [0.717, 1.165) is 23.4 Å². The van der Waals surface area contributed by atoms with Crippen molar-refractivity contribution in [3.05, 3.63) is 33.8 Å². The molecule has 0 radical (unpaired) electrons. The summed E-state index contributed by atoms with van der Waals surface area (Å²) >= 11 is 12.2. The number of benzene rings is 1. The van der Waals surface area contributed by atoms with Crippen molar-refractivity contribution in [2.24, 2.45) is 11.7 Å². The minimum atomic E-state index is -0.0160. The van der Waals surface area contributed by atoms with Gasteiger partial charge in [-0.05, 0) is 36.1 Å². The van der Waals surface area contributed by atoms with E-state index in [4.69, 9.17) is 28.9 Å². The SMILES string of the molecule is CCCCC(CC)C(N)c1cc(Cl)ccc1Cl. The van der Waals surface area contributed by atoms with Crippen LogP contribution < -0.4 is 5.73 Å². The van der Waals surface area contributed by atoms with Gasteiger partial charge in [-0.15, -0.1) is 0 Å². The van der Waals surface area contributed by atoms with Crippen LogP contribution in [0.5, 0.6) is 0 Å². The first kappa shape index (κ1) is 14.8. The van der Waals surface area contributed by atoms with Crippen molar-refractivity contribution in [2.75, 3.05) is 0 Å². The van der Waals surface area contributed by atoms with E-state index in [1.165, 1.54) is 12.8 Å².